The molecule has 2 fully saturated rings. The molecule has 39 heteroatoms. The Labute approximate surface area is 769 Å². The van der Waals surface area contributed by atoms with Crippen molar-refractivity contribution >= 4 is 126 Å². The van der Waals surface area contributed by atoms with Crippen LogP contribution < -0.4 is 80.3 Å². The molecule has 3 heterocycles. The number of hydrogen-bond donors (Lipinski definition) is 14. The predicted molar refractivity (Wildman–Crippen MR) is 519 cm³/mol. The number of rotatable bonds is 17. The van der Waals surface area contributed by atoms with Crippen LogP contribution in [-0.2, 0) is 53.3 Å². The summed E-state index contributed by atoms with van der Waals surface area (Å²) in [6, 6.07) is 45.7. The van der Waals surface area contributed by atoms with Gasteiger partial charge in [0, 0.05) is 76.2 Å². The first kappa shape index (κ1) is 101. The van der Waals surface area contributed by atoms with Crippen LogP contribution in [0.15, 0.2) is 238 Å². The van der Waals surface area contributed by atoms with Gasteiger partial charge in [-0.1, -0.05) is 112 Å². The molecule has 28 N–H and O–H groups in total. The van der Waals surface area contributed by atoms with Gasteiger partial charge in [-0.25, -0.2) is 25.9 Å². The van der Waals surface area contributed by atoms with Gasteiger partial charge in [-0.15, -0.1) is 5.10 Å². The second-order valence-corrected chi connectivity index (χ2v) is 36.9. The van der Waals surface area contributed by atoms with Crippen LogP contribution in [0.25, 0.3) is 34.4 Å². The number of halogens is 1. The van der Waals surface area contributed by atoms with Crippen LogP contribution in [0, 0.1) is 37.9 Å². The number of carbonyl (C=O) groups excluding carboxylic acids is 6. The van der Waals surface area contributed by atoms with Crippen LogP contribution in [0.2, 0.25) is 0 Å². The molecule has 3 aromatic heterocycles. The number of aryl methyl sites for hydroxylation is 4. The molecule has 0 radical (unpaired) electrons. The quantitative estimate of drug-likeness (QED) is 0.0178. The minimum absolute atomic E-state index is 0.0250. The van der Waals surface area contributed by atoms with Gasteiger partial charge in [-0.05, 0) is 237 Å². The molecular formula is C94H111FN26O10S2. The third-order valence-electron chi connectivity index (χ3n) is 21.8. The minimum atomic E-state index is -3.54. The molecule has 7 aromatic carbocycles. The van der Waals surface area contributed by atoms with Crippen LogP contribution in [0.3, 0.4) is 0 Å². The van der Waals surface area contributed by atoms with Crippen LogP contribution in [-0.4, -0.2) is 132 Å². The monoisotopic (exact) mass is 1850 g/mol. The summed E-state index contributed by atoms with van der Waals surface area (Å²) in [5.74, 6) is -4.46. The van der Waals surface area contributed by atoms with Gasteiger partial charge in [-0.2, -0.15) is 40.2 Å². The Morgan fingerprint density at radius 1 is 0.534 bits per heavy atom. The number of amides is 6. The first-order valence-corrected chi connectivity index (χ1v) is 45.5. The Morgan fingerprint density at radius 3 is 1.71 bits per heavy atom. The second kappa shape index (κ2) is 43.6. The van der Waals surface area contributed by atoms with Crippen molar-refractivity contribution in [2.24, 2.45) is 132 Å². The van der Waals surface area contributed by atoms with E-state index >= 15 is 0 Å². The average molecular weight is 1850 g/mol. The van der Waals surface area contributed by atoms with Crippen molar-refractivity contribution in [1.29, 1.82) is 0 Å². The summed E-state index contributed by atoms with van der Waals surface area (Å²) in [5, 5.41) is 13.4. The summed E-state index contributed by atoms with van der Waals surface area (Å²) in [6.45, 7) is 16.8. The zero-order chi connectivity index (χ0) is 98.0. The van der Waals surface area contributed by atoms with E-state index in [4.69, 9.17) is 80.3 Å². The van der Waals surface area contributed by atoms with E-state index in [0.29, 0.717) is 45.9 Å². The average Bonchev–Trinajstić information content (AvgIpc) is 1.54. The van der Waals surface area contributed by atoms with Gasteiger partial charge in [0.15, 0.2) is 55.4 Å². The van der Waals surface area contributed by atoms with E-state index in [-0.39, 0.29) is 103 Å². The van der Waals surface area contributed by atoms with Crippen molar-refractivity contribution in [1.82, 2.24) is 19.3 Å². The molecule has 0 aliphatic heterocycles. The number of benzene rings is 7. The van der Waals surface area contributed by atoms with Gasteiger partial charge >= 0.3 is 0 Å². The molecule has 1 unspecified atom stereocenters. The third-order valence-corrected chi connectivity index (χ3v) is 24.1. The number of pyridine rings is 1. The van der Waals surface area contributed by atoms with Gasteiger partial charge in [-0.3, -0.25) is 33.8 Å². The molecular weight excluding hydrogens is 1740 g/mol. The molecule has 0 saturated heterocycles. The minimum Gasteiger partial charge on any atom is -0.370 e. The van der Waals surface area contributed by atoms with E-state index < -0.39 is 49.2 Å². The number of carbonyl (C=O) groups is 6. The van der Waals surface area contributed by atoms with Crippen molar-refractivity contribution in [3.05, 3.63) is 283 Å². The van der Waals surface area contributed by atoms with Gasteiger partial charge in [0.2, 0.25) is 5.96 Å². The molecule has 14 rings (SSSR count). The lowest BCUT2D eigenvalue weighted by Gasteiger charge is -2.27. The number of fused-ring (bicyclic) bond motifs is 3. The topological polar surface area (TPSA) is 669 Å². The molecule has 4 aliphatic rings. The maximum atomic E-state index is 13.7. The lowest BCUT2D eigenvalue weighted by molar-refractivity contribution is -0.119. The van der Waals surface area contributed by atoms with E-state index in [9.17, 15) is 50.0 Å². The Morgan fingerprint density at radius 2 is 1.12 bits per heavy atom. The smallest absolute Gasteiger partial charge is 0.283 e. The Hall–Kier alpha value is -15.7. The molecule has 696 valence electrons. The standard InChI is InChI=1S/C18H19FN4.C17H22N6O2.C17H16N6O.C16H21N3O.C14H16N4O3S.C12H17N3O3S/c1-11-6-7-14(19)10-16(11)13-8-12-4-2-3-5-15(12)17(9-13)22-23-18(20)21;1-9-4-5-12(7-10(2)14(24)22-16(18)19)13(6-9)8-11(3)15(25)23-17(20)21;18-17(19)22-16(24)12-9-21-23(15(12)10-6-7-10)14-5-1-4-13-11(14)3-2-8-20-13;1-16(2)12(13(16)14(20)19-15(17)18)11-8-4-6-9-5-3-7-10(9)11;1-9-7-11(18-5-3-4-6-18)12(22(2,20)21)8-10(9)13(19)17-14(15)16;1-7(2)9-5-4-8(11(16)15-12(13)14)6-10(9)19(3,17)18/h2-7,10,13H,8-9H2,1H3,(H4,20,21,23);4-8H,1-3H3,(H4,18,19,22,24)(H4,20,21,23,25);1-5,8-10H,6-7H2,(H4,18,19,22,24);4,6,8,12-13H,3,5,7H2,1-2H3,(H4,17,18,19,20);3-8H,1-2H3,(H4,15,16,17,19);4-7H,1-3H3,(H4,13,14,15,16)/b22-17+;10-7+,11-8+;;;;/t;;;12-,13+;;/m...1../s1. The molecule has 10 aromatic rings. The van der Waals surface area contributed by atoms with E-state index in [1.165, 1.54) is 59.1 Å². The van der Waals surface area contributed by atoms with Crippen LogP contribution in [0.4, 0.5) is 4.39 Å². The van der Waals surface area contributed by atoms with E-state index in [1.807, 2.05) is 105 Å². The normalized spacial score (nSPS) is 15.3. The van der Waals surface area contributed by atoms with Crippen LogP contribution >= 0.6 is 0 Å². The van der Waals surface area contributed by atoms with Gasteiger partial charge in [0.05, 0.1) is 55.8 Å². The summed E-state index contributed by atoms with van der Waals surface area (Å²) in [7, 11) is -6.97. The van der Waals surface area contributed by atoms with Gasteiger partial charge < -0.3 is 84.8 Å². The lowest BCUT2D eigenvalue weighted by atomic mass is 9.78. The molecule has 2 saturated carbocycles. The molecule has 133 heavy (non-hydrogen) atoms. The molecule has 36 nitrogen and oxygen atoms in total. The summed E-state index contributed by atoms with van der Waals surface area (Å²) < 4.78 is 64.8. The summed E-state index contributed by atoms with van der Waals surface area (Å²) >= 11 is 0. The molecule has 4 aliphatic carbocycles. The zero-order valence-electron chi connectivity index (χ0n) is 75.5. The maximum Gasteiger partial charge on any atom is 0.283 e. The van der Waals surface area contributed by atoms with Gasteiger partial charge in [0.1, 0.15) is 5.82 Å². The van der Waals surface area contributed by atoms with Crippen molar-refractivity contribution in [2.75, 3.05) is 12.5 Å². The van der Waals surface area contributed by atoms with E-state index in [2.05, 4.69) is 88.4 Å². The summed E-state index contributed by atoms with van der Waals surface area (Å²) in [6.07, 6.45) is 19.3. The molecule has 0 spiro atoms. The summed E-state index contributed by atoms with van der Waals surface area (Å²) in [5.41, 5.74) is 91.1. The molecule has 3 atom stereocenters. The van der Waals surface area contributed by atoms with Crippen LogP contribution in [0.5, 0.6) is 0 Å². The third kappa shape index (κ3) is 27.0. The Balaban J connectivity index is 0.000000180. The molecule has 0 bridgehead atoms. The van der Waals surface area contributed by atoms with Gasteiger partial charge in [0.25, 0.3) is 35.4 Å². The number of aromatic nitrogens is 4. The highest BCUT2D eigenvalue weighted by molar-refractivity contribution is 7.91. The highest BCUT2D eigenvalue weighted by Crippen LogP contribution is 2.66. The summed E-state index contributed by atoms with van der Waals surface area (Å²) in [4.78, 5) is 97.6. The fraction of sp³-hybridized carbons (Fsp3) is 0.255. The van der Waals surface area contributed by atoms with E-state index in [0.717, 1.165) is 106 Å². The predicted octanol–water partition coefficient (Wildman–Crippen LogP) is 7.90. The fourth-order valence-electron chi connectivity index (χ4n) is 15.5. The number of nitrogens with two attached hydrogens (primary N) is 14. The zero-order valence-corrected chi connectivity index (χ0v) is 77.1. The van der Waals surface area contributed by atoms with Crippen molar-refractivity contribution < 1.29 is 50.0 Å². The molecule has 6 amide bonds. The fourth-order valence-corrected chi connectivity index (χ4v) is 17.5. The van der Waals surface area contributed by atoms with Crippen molar-refractivity contribution in [3.8, 4) is 11.4 Å². The maximum absolute atomic E-state index is 13.7. The number of hydrogen-bond acceptors (Lipinski definition) is 14. The number of sulfone groups is 2. The van der Waals surface area contributed by atoms with Crippen molar-refractivity contribution in [3.63, 3.8) is 0 Å². The number of nitrogens with zero attached hydrogens (tertiary/aromatic N) is 12. The first-order valence-electron chi connectivity index (χ1n) is 41.7. The lowest BCUT2D eigenvalue weighted by Crippen LogP contribution is -2.25. The highest BCUT2D eigenvalue weighted by atomic mass is 32.2. The first-order chi connectivity index (χ1) is 62.5. The Kier molecular flexibility index (Phi) is 33.2. The second-order valence-electron chi connectivity index (χ2n) is 33.0. The number of guanidine groups is 7. The van der Waals surface area contributed by atoms with E-state index in [1.54, 1.807) is 86.4 Å². The van der Waals surface area contributed by atoms with Crippen LogP contribution in [0.1, 0.15) is 194 Å². The SMILES string of the molecule is C/C(=C\c1ccc(C)cc1/C=C(\C)C(=O)N=C(N)N)C(=O)N=C(N)N.CC(C)c1ccc(C(=O)N=C(N)N)cc1S(C)(=O)=O.CC1(C)[C@H](C(=O)N=C(N)N)[C@H]1c1cccc2c1CCC2.Cc1cc(-n2cccc2)c(S(C)(=O)=O)cc1C(=O)N=C(N)N.Cc1ccc(F)cc1C1C/C(=N\N=C(N)N)c2ccccc2C1.NC(N)=NC(=O)c1cnn(-c2cccc3ncccc23)c1C1CC1. The van der Waals surface area contributed by atoms with Crippen molar-refractivity contribution in [2.45, 2.75) is 141 Å². The highest BCUT2D eigenvalue weighted by Gasteiger charge is 2.63. The largest absolute Gasteiger partial charge is 0.370 e. The number of aliphatic imine (C=N–C) groups is 6. The Bertz CT molecular complexity index is 6710.